The SMILES string of the molecule is COC1CCC(O)(C2(CN)COc3ccccc3C2)CC1. The van der Waals surface area contributed by atoms with E-state index in [2.05, 4.69) is 6.07 Å². The van der Waals surface area contributed by atoms with E-state index in [4.69, 9.17) is 15.2 Å². The smallest absolute Gasteiger partial charge is 0.122 e. The fraction of sp³-hybridized carbons (Fsp3) is 0.647. The molecule has 0 aromatic heterocycles. The summed E-state index contributed by atoms with van der Waals surface area (Å²) in [6.45, 7) is 0.935. The van der Waals surface area contributed by atoms with Crippen molar-refractivity contribution in [3.8, 4) is 5.75 Å². The molecule has 2 aliphatic rings. The zero-order valence-corrected chi connectivity index (χ0v) is 12.7. The summed E-state index contributed by atoms with van der Waals surface area (Å²) >= 11 is 0. The summed E-state index contributed by atoms with van der Waals surface area (Å²) in [5.41, 5.74) is 6.11. The van der Waals surface area contributed by atoms with E-state index < -0.39 is 5.60 Å². The standard InChI is InChI=1S/C17H25NO3/c1-20-14-6-8-17(19,9-7-14)16(11-18)10-13-4-2-3-5-15(13)21-12-16/h2-5,14,19H,6-12,18H2,1H3. The molecular formula is C17H25NO3. The van der Waals surface area contributed by atoms with E-state index in [0.717, 1.165) is 43.4 Å². The van der Waals surface area contributed by atoms with Gasteiger partial charge in [-0.2, -0.15) is 0 Å². The predicted molar refractivity (Wildman–Crippen MR) is 81.3 cm³/mol. The van der Waals surface area contributed by atoms with Crippen LogP contribution in [-0.2, 0) is 11.2 Å². The van der Waals surface area contributed by atoms with Crippen LogP contribution in [0.15, 0.2) is 24.3 Å². The van der Waals surface area contributed by atoms with Gasteiger partial charge in [0.1, 0.15) is 5.75 Å². The Morgan fingerprint density at radius 3 is 2.71 bits per heavy atom. The second kappa shape index (κ2) is 5.59. The highest BCUT2D eigenvalue weighted by Crippen LogP contribution is 2.47. The molecule has 1 saturated carbocycles. The summed E-state index contributed by atoms with van der Waals surface area (Å²) in [5, 5.41) is 11.3. The number of ether oxygens (including phenoxy) is 2. The van der Waals surface area contributed by atoms with Gasteiger partial charge in [-0.15, -0.1) is 0 Å². The Morgan fingerprint density at radius 2 is 2.05 bits per heavy atom. The number of hydrogen-bond acceptors (Lipinski definition) is 4. The molecular weight excluding hydrogens is 266 g/mol. The zero-order valence-electron chi connectivity index (χ0n) is 12.7. The first-order valence-electron chi connectivity index (χ1n) is 7.78. The van der Waals surface area contributed by atoms with E-state index in [1.165, 1.54) is 0 Å². The highest BCUT2D eigenvalue weighted by atomic mass is 16.5. The third-order valence-electron chi connectivity index (χ3n) is 5.48. The summed E-state index contributed by atoms with van der Waals surface area (Å²) in [4.78, 5) is 0. The molecule has 21 heavy (non-hydrogen) atoms. The molecule has 0 radical (unpaired) electrons. The molecule has 1 aromatic carbocycles. The number of benzene rings is 1. The zero-order chi connectivity index (χ0) is 14.9. The first-order valence-corrected chi connectivity index (χ1v) is 7.78. The Hall–Kier alpha value is -1.10. The quantitative estimate of drug-likeness (QED) is 0.892. The minimum atomic E-state index is -0.760. The number of para-hydroxylation sites is 1. The van der Waals surface area contributed by atoms with E-state index in [1.807, 2.05) is 18.2 Å². The second-order valence-corrected chi connectivity index (χ2v) is 6.52. The molecule has 3 N–H and O–H groups in total. The molecule has 0 amide bonds. The number of fused-ring (bicyclic) bond motifs is 1. The summed E-state index contributed by atoms with van der Waals surface area (Å²) < 4.78 is 11.4. The van der Waals surface area contributed by atoms with Gasteiger partial charge in [0.05, 0.1) is 18.3 Å². The molecule has 1 fully saturated rings. The first-order chi connectivity index (χ1) is 10.1. The van der Waals surface area contributed by atoms with Crippen LogP contribution in [0.4, 0.5) is 0 Å². The fourth-order valence-electron chi connectivity index (χ4n) is 3.88. The van der Waals surface area contributed by atoms with Gasteiger partial charge in [0.2, 0.25) is 0 Å². The maximum Gasteiger partial charge on any atom is 0.122 e. The first kappa shape index (κ1) is 14.8. The highest BCUT2D eigenvalue weighted by Gasteiger charge is 2.53. The number of aliphatic hydroxyl groups is 1. The van der Waals surface area contributed by atoms with Crippen LogP contribution in [0.1, 0.15) is 31.2 Å². The monoisotopic (exact) mass is 291 g/mol. The van der Waals surface area contributed by atoms with Gasteiger partial charge >= 0.3 is 0 Å². The lowest BCUT2D eigenvalue weighted by Crippen LogP contribution is -2.60. The molecule has 4 nitrogen and oxygen atoms in total. The van der Waals surface area contributed by atoms with E-state index in [9.17, 15) is 5.11 Å². The second-order valence-electron chi connectivity index (χ2n) is 6.52. The Kier molecular flexibility index (Phi) is 3.95. The number of hydrogen-bond donors (Lipinski definition) is 2. The summed E-state index contributed by atoms with van der Waals surface area (Å²) in [5.74, 6) is 0.927. The number of rotatable bonds is 3. The molecule has 3 rings (SSSR count). The van der Waals surface area contributed by atoms with E-state index in [0.29, 0.717) is 13.2 Å². The Morgan fingerprint density at radius 1 is 1.33 bits per heavy atom. The van der Waals surface area contributed by atoms with Crippen molar-refractivity contribution in [2.24, 2.45) is 11.1 Å². The van der Waals surface area contributed by atoms with Gasteiger partial charge in [-0.25, -0.2) is 0 Å². The minimum absolute atomic E-state index is 0.261. The summed E-state index contributed by atoms with van der Waals surface area (Å²) in [6, 6.07) is 8.05. The van der Waals surface area contributed by atoms with Crippen molar-refractivity contribution < 1.29 is 14.6 Å². The van der Waals surface area contributed by atoms with Gasteiger partial charge < -0.3 is 20.3 Å². The van der Waals surface area contributed by atoms with Gasteiger partial charge in [0.15, 0.2) is 0 Å². The predicted octanol–water partition coefficient (Wildman–Crippen LogP) is 1.89. The van der Waals surface area contributed by atoms with Crippen molar-refractivity contribution in [2.45, 2.75) is 43.8 Å². The highest BCUT2D eigenvalue weighted by molar-refractivity contribution is 5.37. The van der Waals surface area contributed by atoms with Crippen molar-refractivity contribution in [3.05, 3.63) is 29.8 Å². The topological polar surface area (TPSA) is 64.7 Å². The molecule has 1 aromatic rings. The lowest BCUT2D eigenvalue weighted by Gasteiger charge is -2.51. The average molecular weight is 291 g/mol. The van der Waals surface area contributed by atoms with Crippen LogP contribution in [0.25, 0.3) is 0 Å². The van der Waals surface area contributed by atoms with Crippen LogP contribution in [0, 0.1) is 5.41 Å². The van der Waals surface area contributed by atoms with Gasteiger partial charge in [-0.1, -0.05) is 18.2 Å². The van der Waals surface area contributed by atoms with Crippen molar-refractivity contribution in [1.82, 2.24) is 0 Å². The summed E-state index contributed by atoms with van der Waals surface area (Å²) in [6.07, 6.45) is 4.28. The third kappa shape index (κ3) is 2.45. The largest absolute Gasteiger partial charge is 0.493 e. The van der Waals surface area contributed by atoms with Crippen LogP contribution in [0.2, 0.25) is 0 Å². The van der Waals surface area contributed by atoms with Crippen molar-refractivity contribution in [3.63, 3.8) is 0 Å². The Bertz CT molecular complexity index is 497. The van der Waals surface area contributed by atoms with Gasteiger partial charge in [-0.05, 0) is 43.7 Å². The Balaban J connectivity index is 1.85. The van der Waals surface area contributed by atoms with Crippen LogP contribution >= 0.6 is 0 Å². The van der Waals surface area contributed by atoms with Gasteiger partial charge in [0, 0.05) is 19.1 Å². The third-order valence-corrected chi connectivity index (χ3v) is 5.48. The van der Waals surface area contributed by atoms with Crippen molar-refractivity contribution >= 4 is 0 Å². The lowest BCUT2D eigenvalue weighted by molar-refractivity contribution is -0.143. The summed E-state index contributed by atoms with van der Waals surface area (Å²) in [7, 11) is 1.74. The van der Waals surface area contributed by atoms with E-state index in [1.54, 1.807) is 7.11 Å². The molecule has 0 bridgehead atoms. The van der Waals surface area contributed by atoms with Crippen LogP contribution in [0.3, 0.4) is 0 Å². The molecule has 1 aliphatic carbocycles. The minimum Gasteiger partial charge on any atom is -0.493 e. The van der Waals surface area contributed by atoms with Gasteiger partial charge in [0.25, 0.3) is 0 Å². The molecule has 116 valence electrons. The molecule has 1 heterocycles. The van der Waals surface area contributed by atoms with Crippen LogP contribution in [-0.4, -0.2) is 37.1 Å². The number of nitrogens with two attached hydrogens (primary N) is 1. The van der Waals surface area contributed by atoms with Crippen molar-refractivity contribution in [2.75, 3.05) is 20.3 Å². The Labute approximate surface area is 126 Å². The fourth-order valence-corrected chi connectivity index (χ4v) is 3.88. The molecule has 1 aliphatic heterocycles. The van der Waals surface area contributed by atoms with Crippen molar-refractivity contribution in [1.29, 1.82) is 0 Å². The van der Waals surface area contributed by atoms with E-state index in [-0.39, 0.29) is 11.5 Å². The molecule has 1 unspecified atom stereocenters. The molecule has 1 atom stereocenters. The van der Waals surface area contributed by atoms with Gasteiger partial charge in [-0.3, -0.25) is 0 Å². The van der Waals surface area contributed by atoms with E-state index >= 15 is 0 Å². The number of methoxy groups -OCH3 is 1. The lowest BCUT2D eigenvalue weighted by atomic mass is 9.61. The molecule has 0 saturated heterocycles. The van der Waals surface area contributed by atoms with Crippen LogP contribution < -0.4 is 10.5 Å². The normalized spacial score (nSPS) is 35.9. The maximum absolute atomic E-state index is 11.3. The van der Waals surface area contributed by atoms with Crippen LogP contribution in [0.5, 0.6) is 5.75 Å². The molecule has 4 heteroatoms. The average Bonchev–Trinajstić information content (AvgIpc) is 2.55. The molecule has 0 spiro atoms. The maximum atomic E-state index is 11.3.